The van der Waals surface area contributed by atoms with E-state index >= 15 is 0 Å². The van der Waals surface area contributed by atoms with E-state index in [4.69, 9.17) is 4.74 Å². The van der Waals surface area contributed by atoms with E-state index in [2.05, 4.69) is 16.1 Å². The number of rotatable bonds is 4. The normalized spacial score (nSPS) is 11.6. The lowest BCUT2D eigenvalue weighted by Crippen LogP contribution is -2.30. The van der Waals surface area contributed by atoms with Crippen molar-refractivity contribution in [2.75, 3.05) is 21.3 Å². The minimum atomic E-state index is -1.10. The summed E-state index contributed by atoms with van der Waals surface area (Å²) < 4.78 is 13.5. The molecule has 0 heterocycles. The van der Waals surface area contributed by atoms with Crippen LogP contribution in [0.15, 0.2) is 12.2 Å². The monoisotopic (exact) mass is 188 g/mol. The molecule has 0 rings (SSSR count). The summed E-state index contributed by atoms with van der Waals surface area (Å²) in [6.07, 6.45) is -1.10. The summed E-state index contributed by atoms with van der Waals surface area (Å²) in [6, 6.07) is 0. The van der Waals surface area contributed by atoms with E-state index in [1.807, 2.05) is 0 Å². The molecule has 0 bridgehead atoms. The van der Waals surface area contributed by atoms with Gasteiger partial charge >= 0.3 is 11.9 Å². The zero-order valence-electron chi connectivity index (χ0n) is 7.83. The molecule has 0 aliphatic heterocycles. The molecule has 0 spiro atoms. The van der Waals surface area contributed by atoms with Crippen molar-refractivity contribution < 1.29 is 23.8 Å². The molecule has 0 saturated carbocycles. The van der Waals surface area contributed by atoms with Crippen LogP contribution in [0.3, 0.4) is 0 Å². The molecule has 74 valence electrons. The van der Waals surface area contributed by atoms with Crippen LogP contribution in [-0.2, 0) is 23.8 Å². The first-order chi connectivity index (χ1) is 6.08. The van der Waals surface area contributed by atoms with Gasteiger partial charge in [0.2, 0.25) is 0 Å². The molecule has 1 unspecified atom stereocenters. The van der Waals surface area contributed by atoms with Crippen molar-refractivity contribution in [2.24, 2.45) is 0 Å². The number of esters is 2. The highest BCUT2D eigenvalue weighted by Gasteiger charge is 2.27. The number of carbonyl (C=O) groups excluding carboxylic acids is 2. The predicted octanol–water partition coefficient (Wildman–Crippen LogP) is -0.0964. The maximum absolute atomic E-state index is 11.0. The Morgan fingerprint density at radius 1 is 1.15 bits per heavy atom. The van der Waals surface area contributed by atoms with Crippen molar-refractivity contribution in [3.63, 3.8) is 0 Å². The molecule has 5 heteroatoms. The van der Waals surface area contributed by atoms with Crippen molar-refractivity contribution in [1.29, 1.82) is 0 Å². The van der Waals surface area contributed by atoms with Crippen LogP contribution in [0.4, 0.5) is 0 Å². The van der Waals surface area contributed by atoms with Crippen LogP contribution in [0.5, 0.6) is 0 Å². The van der Waals surface area contributed by atoms with Gasteiger partial charge in [-0.1, -0.05) is 6.58 Å². The summed E-state index contributed by atoms with van der Waals surface area (Å²) in [5, 5.41) is 0. The molecule has 0 aliphatic carbocycles. The third kappa shape index (κ3) is 2.87. The summed E-state index contributed by atoms with van der Waals surface area (Å²) in [6.45, 7) is 3.37. The van der Waals surface area contributed by atoms with Gasteiger partial charge in [0.1, 0.15) is 0 Å². The highest BCUT2D eigenvalue weighted by molar-refractivity contribution is 5.96. The van der Waals surface area contributed by atoms with Crippen molar-refractivity contribution >= 4 is 11.9 Å². The van der Waals surface area contributed by atoms with Crippen LogP contribution in [0.25, 0.3) is 0 Å². The van der Waals surface area contributed by atoms with Crippen LogP contribution < -0.4 is 0 Å². The largest absolute Gasteiger partial charge is 0.467 e. The lowest BCUT2D eigenvalue weighted by atomic mass is 10.2. The Hall–Kier alpha value is -1.36. The van der Waals surface area contributed by atoms with Crippen LogP contribution >= 0.6 is 0 Å². The molecule has 0 amide bonds. The van der Waals surface area contributed by atoms with Gasteiger partial charge in [0.25, 0.3) is 0 Å². The van der Waals surface area contributed by atoms with Gasteiger partial charge in [-0.05, 0) is 0 Å². The molecule has 1 atom stereocenters. The van der Waals surface area contributed by atoms with E-state index in [0.29, 0.717) is 0 Å². The number of ether oxygens (including phenoxy) is 3. The van der Waals surface area contributed by atoms with Crippen molar-refractivity contribution in [3.05, 3.63) is 12.2 Å². The van der Waals surface area contributed by atoms with Crippen LogP contribution in [0.1, 0.15) is 0 Å². The maximum Gasteiger partial charge on any atom is 0.339 e. The van der Waals surface area contributed by atoms with E-state index in [-0.39, 0.29) is 5.57 Å². The smallest absolute Gasteiger partial charge is 0.339 e. The van der Waals surface area contributed by atoms with Crippen LogP contribution in [0, 0.1) is 0 Å². The maximum atomic E-state index is 11.0. The van der Waals surface area contributed by atoms with Gasteiger partial charge in [-0.3, -0.25) is 0 Å². The van der Waals surface area contributed by atoms with Gasteiger partial charge in [0.05, 0.1) is 19.8 Å². The lowest BCUT2D eigenvalue weighted by Gasteiger charge is -2.13. The van der Waals surface area contributed by atoms with Crippen LogP contribution in [-0.4, -0.2) is 39.4 Å². The highest BCUT2D eigenvalue weighted by atomic mass is 16.6. The standard InChI is InChI=1S/C8H12O5/c1-5(7(9)12-3)6(11-2)8(10)13-4/h6H,1H2,2-4H3. The van der Waals surface area contributed by atoms with Gasteiger partial charge in [-0.25, -0.2) is 9.59 Å². The summed E-state index contributed by atoms with van der Waals surface area (Å²) >= 11 is 0. The fraction of sp³-hybridized carbons (Fsp3) is 0.500. The van der Waals surface area contributed by atoms with Gasteiger partial charge in [0, 0.05) is 7.11 Å². The van der Waals surface area contributed by atoms with Gasteiger partial charge in [-0.2, -0.15) is 0 Å². The molecule has 5 nitrogen and oxygen atoms in total. The molecule has 0 saturated heterocycles. The molecule has 0 radical (unpaired) electrons. The van der Waals surface area contributed by atoms with Gasteiger partial charge < -0.3 is 14.2 Å². The topological polar surface area (TPSA) is 61.8 Å². The first kappa shape index (κ1) is 11.6. The minimum absolute atomic E-state index is 0.0862. The third-order valence-corrected chi connectivity index (χ3v) is 1.42. The molecule has 0 aliphatic rings. The summed E-state index contributed by atoms with van der Waals surface area (Å²) in [5.74, 6) is -1.38. The van der Waals surface area contributed by atoms with Crippen molar-refractivity contribution in [1.82, 2.24) is 0 Å². The zero-order valence-corrected chi connectivity index (χ0v) is 7.83. The van der Waals surface area contributed by atoms with Crippen molar-refractivity contribution in [3.8, 4) is 0 Å². The Kier molecular flexibility index (Phi) is 4.76. The number of methoxy groups -OCH3 is 3. The average Bonchev–Trinajstić information content (AvgIpc) is 2.17. The first-order valence-corrected chi connectivity index (χ1v) is 3.46. The molecule has 0 aromatic carbocycles. The Morgan fingerprint density at radius 2 is 1.69 bits per heavy atom. The van der Waals surface area contributed by atoms with E-state index in [1.54, 1.807) is 0 Å². The molecule has 0 fully saturated rings. The van der Waals surface area contributed by atoms with Gasteiger partial charge in [-0.15, -0.1) is 0 Å². The fourth-order valence-electron chi connectivity index (χ4n) is 0.726. The van der Waals surface area contributed by atoms with E-state index in [9.17, 15) is 9.59 Å². The molecule has 13 heavy (non-hydrogen) atoms. The summed E-state index contributed by atoms with van der Waals surface area (Å²) in [7, 11) is 3.66. The molecular weight excluding hydrogens is 176 g/mol. The number of carbonyl (C=O) groups is 2. The van der Waals surface area contributed by atoms with Crippen LogP contribution in [0.2, 0.25) is 0 Å². The Morgan fingerprint density at radius 3 is 2.00 bits per heavy atom. The quantitative estimate of drug-likeness (QED) is 0.455. The Balaban J connectivity index is 4.49. The van der Waals surface area contributed by atoms with Crippen molar-refractivity contribution in [2.45, 2.75) is 6.10 Å². The molecule has 0 aromatic rings. The molecular formula is C8H12O5. The Labute approximate surface area is 76.3 Å². The average molecular weight is 188 g/mol. The Bertz CT molecular complexity index is 221. The van der Waals surface area contributed by atoms with Gasteiger partial charge in [0.15, 0.2) is 6.10 Å². The predicted molar refractivity (Wildman–Crippen MR) is 44.0 cm³/mol. The number of hydrogen-bond acceptors (Lipinski definition) is 5. The second kappa shape index (κ2) is 5.31. The highest BCUT2D eigenvalue weighted by Crippen LogP contribution is 2.07. The molecule has 0 N–H and O–H groups in total. The summed E-state index contributed by atoms with van der Waals surface area (Å²) in [5.41, 5.74) is -0.0862. The lowest BCUT2D eigenvalue weighted by molar-refractivity contribution is -0.153. The van der Waals surface area contributed by atoms with E-state index < -0.39 is 18.0 Å². The number of hydrogen-bond donors (Lipinski definition) is 0. The first-order valence-electron chi connectivity index (χ1n) is 3.46. The second-order valence-electron chi connectivity index (χ2n) is 2.16. The SMILES string of the molecule is C=C(C(=O)OC)C(OC)C(=O)OC. The second-order valence-corrected chi connectivity index (χ2v) is 2.16. The zero-order chi connectivity index (χ0) is 10.4. The third-order valence-electron chi connectivity index (χ3n) is 1.42. The minimum Gasteiger partial charge on any atom is -0.467 e. The fourth-order valence-corrected chi connectivity index (χ4v) is 0.726. The molecule has 0 aromatic heterocycles. The van der Waals surface area contributed by atoms with E-state index in [0.717, 1.165) is 0 Å². The van der Waals surface area contributed by atoms with E-state index in [1.165, 1.54) is 21.3 Å². The summed E-state index contributed by atoms with van der Waals surface area (Å²) in [4.78, 5) is 21.9.